The van der Waals surface area contributed by atoms with Crippen LogP contribution >= 0.6 is 0 Å². The molecule has 1 fully saturated rings. The first-order valence-electron chi connectivity index (χ1n) is 7.85. The molecule has 3 unspecified atom stereocenters. The van der Waals surface area contributed by atoms with E-state index in [1.165, 1.54) is 0 Å². The molecule has 6 nitrogen and oxygen atoms in total. The van der Waals surface area contributed by atoms with Gasteiger partial charge in [0.15, 0.2) is 5.78 Å². The Bertz CT molecular complexity index is 532. The first-order valence-corrected chi connectivity index (χ1v) is 7.85. The Kier molecular flexibility index (Phi) is 5.59. The van der Waals surface area contributed by atoms with Gasteiger partial charge in [0.2, 0.25) is 5.91 Å². The molecule has 0 spiro atoms. The van der Waals surface area contributed by atoms with Gasteiger partial charge in [-0.25, -0.2) is 0 Å². The van der Waals surface area contributed by atoms with Crippen molar-refractivity contribution in [2.45, 2.75) is 59.0 Å². The van der Waals surface area contributed by atoms with Gasteiger partial charge in [-0.1, -0.05) is 20.8 Å². The highest BCUT2D eigenvalue weighted by molar-refractivity contribution is 5.92. The summed E-state index contributed by atoms with van der Waals surface area (Å²) >= 11 is 0. The Labute approximate surface area is 136 Å². The summed E-state index contributed by atoms with van der Waals surface area (Å²) in [5.74, 6) is 0.263. The van der Waals surface area contributed by atoms with Crippen LogP contribution in [0.2, 0.25) is 0 Å². The van der Waals surface area contributed by atoms with Crippen molar-refractivity contribution in [2.24, 2.45) is 5.41 Å². The van der Waals surface area contributed by atoms with Crippen molar-refractivity contribution in [3.63, 3.8) is 0 Å². The molecule has 0 aromatic carbocycles. The number of carbonyl (C=O) groups is 2. The van der Waals surface area contributed by atoms with Gasteiger partial charge in [-0.15, -0.1) is 0 Å². The van der Waals surface area contributed by atoms with Crippen LogP contribution in [0.4, 0.5) is 0 Å². The van der Waals surface area contributed by atoms with Gasteiger partial charge in [0.25, 0.3) is 0 Å². The number of amides is 1. The molecule has 1 N–H and O–H groups in total. The first-order chi connectivity index (χ1) is 10.8. The zero-order chi connectivity index (χ0) is 17.0. The average Bonchev–Trinajstić information content (AvgIpc) is 3.07. The van der Waals surface area contributed by atoms with Gasteiger partial charge in [-0.3, -0.25) is 9.59 Å². The molecule has 2 heterocycles. The number of hydrogen-bond acceptors (Lipinski definition) is 5. The minimum atomic E-state index is -0.652. The number of hydrogen-bond donors (Lipinski definition) is 1. The number of rotatable bonds is 6. The van der Waals surface area contributed by atoms with Crippen molar-refractivity contribution in [1.29, 1.82) is 0 Å². The normalized spacial score (nSPS) is 23.0. The molecule has 0 saturated carbocycles. The second kappa shape index (κ2) is 7.27. The van der Waals surface area contributed by atoms with E-state index in [0.29, 0.717) is 12.2 Å². The maximum absolute atomic E-state index is 12.6. The summed E-state index contributed by atoms with van der Waals surface area (Å²) in [6.07, 6.45) is 1.14. The molecule has 3 atom stereocenters. The number of Topliss-reactive ketones (excluding diaryl/α,β-unsaturated/α-hetero) is 1. The van der Waals surface area contributed by atoms with Gasteiger partial charge in [0.1, 0.15) is 31.1 Å². The summed E-state index contributed by atoms with van der Waals surface area (Å²) in [7, 11) is 0. The lowest BCUT2D eigenvalue weighted by atomic mass is 9.88. The summed E-state index contributed by atoms with van der Waals surface area (Å²) in [5, 5.41) is 2.76. The number of nitrogens with one attached hydrogen (secondary N) is 1. The van der Waals surface area contributed by atoms with E-state index in [1.807, 2.05) is 20.8 Å². The number of furan rings is 1. The van der Waals surface area contributed by atoms with Crippen LogP contribution < -0.4 is 5.32 Å². The molecule has 1 aliphatic heterocycles. The van der Waals surface area contributed by atoms with Gasteiger partial charge in [0, 0.05) is 0 Å². The average molecular weight is 323 g/mol. The van der Waals surface area contributed by atoms with E-state index in [4.69, 9.17) is 13.9 Å². The SMILES string of the molecule is CC1OCC(=O)C1NC(=O)C(CC(C)(C)C)OCc1ccco1. The van der Waals surface area contributed by atoms with Crippen molar-refractivity contribution in [3.8, 4) is 0 Å². The van der Waals surface area contributed by atoms with Crippen LogP contribution in [0.5, 0.6) is 0 Å². The second-order valence-corrected chi connectivity index (χ2v) is 7.11. The molecule has 1 aromatic rings. The zero-order valence-corrected chi connectivity index (χ0v) is 14.1. The highest BCUT2D eigenvalue weighted by atomic mass is 16.5. The number of carbonyl (C=O) groups excluding carboxylic acids is 2. The highest BCUT2D eigenvalue weighted by Crippen LogP contribution is 2.24. The fourth-order valence-corrected chi connectivity index (χ4v) is 2.47. The fourth-order valence-electron chi connectivity index (χ4n) is 2.47. The molecule has 128 valence electrons. The molecular weight excluding hydrogens is 298 g/mol. The second-order valence-electron chi connectivity index (χ2n) is 7.11. The van der Waals surface area contributed by atoms with E-state index in [9.17, 15) is 9.59 Å². The fraction of sp³-hybridized carbons (Fsp3) is 0.647. The number of ether oxygens (including phenoxy) is 2. The summed E-state index contributed by atoms with van der Waals surface area (Å²) in [6, 6.07) is 2.97. The van der Waals surface area contributed by atoms with Crippen LogP contribution in [0.3, 0.4) is 0 Å². The predicted molar refractivity (Wildman–Crippen MR) is 83.7 cm³/mol. The van der Waals surface area contributed by atoms with E-state index in [-0.39, 0.29) is 36.4 Å². The molecule has 0 bridgehead atoms. The predicted octanol–water partition coefficient (Wildman–Crippen LogP) is 2.07. The lowest BCUT2D eigenvalue weighted by Crippen LogP contribution is -2.49. The summed E-state index contributed by atoms with van der Waals surface area (Å²) < 4.78 is 16.2. The molecule has 0 aliphatic carbocycles. The lowest BCUT2D eigenvalue weighted by molar-refractivity contribution is -0.138. The van der Waals surface area contributed by atoms with E-state index in [0.717, 1.165) is 0 Å². The van der Waals surface area contributed by atoms with Crippen molar-refractivity contribution in [3.05, 3.63) is 24.2 Å². The molecule has 0 radical (unpaired) electrons. The maximum Gasteiger partial charge on any atom is 0.249 e. The highest BCUT2D eigenvalue weighted by Gasteiger charge is 2.36. The summed E-state index contributed by atoms with van der Waals surface area (Å²) in [6.45, 7) is 8.15. The Morgan fingerprint density at radius 2 is 2.22 bits per heavy atom. The van der Waals surface area contributed by atoms with E-state index >= 15 is 0 Å². The van der Waals surface area contributed by atoms with Crippen molar-refractivity contribution >= 4 is 11.7 Å². The van der Waals surface area contributed by atoms with Crippen molar-refractivity contribution < 1.29 is 23.5 Å². The van der Waals surface area contributed by atoms with E-state index in [2.05, 4.69) is 5.32 Å². The first kappa shape index (κ1) is 17.7. The molecule has 2 rings (SSSR count). The minimum absolute atomic E-state index is 0.0449. The molecular formula is C17H25NO5. The van der Waals surface area contributed by atoms with Gasteiger partial charge in [0.05, 0.1) is 12.4 Å². The third-order valence-electron chi connectivity index (χ3n) is 3.70. The van der Waals surface area contributed by atoms with Gasteiger partial charge in [-0.05, 0) is 30.9 Å². The van der Waals surface area contributed by atoms with E-state index < -0.39 is 12.1 Å². The molecule has 23 heavy (non-hydrogen) atoms. The largest absolute Gasteiger partial charge is 0.467 e. The van der Waals surface area contributed by atoms with Crippen LogP contribution in [0.15, 0.2) is 22.8 Å². The standard InChI is InChI=1S/C17H25NO5/c1-11-15(13(19)10-22-11)18-16(20)14(8-17(2,3)4)23-9-12-6-5-7-21-12/h5-7,11,14-15H,8-10H2,1-4H3,(H,18,20). The Morgan fingerprint density at radius 3 is 2.74 bits per heavy atom. The van der Waals surface area contributed by atoms with Gasteiger partial charge in [-0.2, -0.15) is 0 Å². The summed E-state index contributed by atoms with van der Waals surface area (Å²) in [5.41, 5.74) is -0.0903. The van der Waals surface area contributed by atoms with E-state index in [1.54, 1.807) is 25.3 Å². The quantitative estimate of drug-likeness (QED) is 0.867. The van der Waals surface area contributed by atoms with Crippen LogP contribution in [0.25, 0.3) is 0 Å². The van der Waals surface area contributed by atoms with Crippen LogP contribution in [0, 0.1) is 5.41 Å². The number of ketones is 1. The zero-order valence-electron chi connectivity index (χ0n) is 14.1. The molecule has 1 saturated heterocycles. The van der Waals surface area contributed by atoms with Crippen LogP contribution in [-0.4, -0.2) is 36.5 Å². The van der Waals surface area contributed by atoms with Crippen molar-refractivity contribution in [1.82, 2.24) is 5.32 Å². The Balaban J connectivity index is 1.99. The van der Waals surface area contributed by atoms with Gasteiger partial charge < -0.3 is 19.2 Å². The monoisotopic (exact) mass is 323 g/mol. The Morgan fingerprint density at radius 1 is 1.48 bits per heavy atom. The Hall–Kier alpha value is -1.66. The van der Waals surface area contributed by atoms with Crippen LogP contribution in [0.1, 0.15) is 39.9 Å². The van der Waals surface area contributed by atoms with Crippen molar-refractivity contribution in [2.75, 3.05) is 6.61 Å². The molecule has 6 heteroatoms. The molecule has 1 aliphatic rings. The summed E-state index contributed by atoms with van der Waals surface area (Å²) in [4.78, 5) is 24.3. The topological polar surface area (TPSA) is 77.8 Å². The van der Waals surface area contributed by atoms with Gasteiger partial charge >= 0.3 is 0 Å². The molecule has 1 amide bonds. The third-order valence-corrected chi connectivity index (χ3v) is 3.70. The smallest absolute Gasteiger partial charge is 0.249 e. The molecule has 1 aromatic heterocycles. The maximum atomic E-state index is 12.6. The third kappa shape index (κ3) is 5.18. The van der Waals surface area contributed by atoms with Crippen LogP contribution in [-0.2, 0) is 25.7 Å². The minimum Gasteiger partial charge on any atom is -0.467 e. The lowest BCUT2D eigenvalue weighted by Gasteiger charge is -2.26.